The molecular weight excluding hydrogens is 591 g/mol. The number of rotatable bonds is 24. The molecule has 222 valence electrons. The molecule has 0 atom stereocenters. The van der Waals surface area contributed by atoms with Crippen LogP contribution in [0.15, 0.2) is 39.1 Å². The third-order valence-corrected chi connectivity index (χ3v) is 16.0. The molecule has 1 nitrogen and oxygen atoms in total. The van der Waals surface area contributed by atoms with Crippen LogP contribution in [-0.2, 0) is 0 Å². The number of aromatic nitrogens is 1. The van der Waals surface area contributed by atoms with Gasteiger partial charge >= 0.3 is 0 Å². The van der Waals surface area contributed by atoms with Crippen molar-refractivity contribution < 1.29 is 0 Å². The highest BCUT2D eigenvalue weighted by molar-refractivity contribution is 8.42. The van der Waals surface area contributed by atoms with Crippen molar-refractivity contribution in [3.63, 3.8) is 0 Å². The van der Waals surface area contributed by atoms with Crippen LogP contribution >= 0.6 is 70.6 Å². The largest absolute Gasteiger partial charge is 0.366 e. The zero-order chi connectivity index (χ0) is 27.4. The van der Waals surface area contributed by atoms with E-state index >= 15 is 0 Å². The van der Waals surface area contributed by atoms with E-state index in [9.17, 15) is 0 Å². The molecule has 0 aliphatic carbocycles. The Morgan fingerprint density at radius 1 is 0.462 bits per heavy atom. The Morgan fingerprint density at radius 2 is 0.795 bits per heavy atom. The lowest BCUT2D eigenvalue weighted by atomic mass is 10.1. The van der Waals surface area contributed by atoms with Crippen LogP contribution in [0.1, 0.15) is 142 Å². The minimum absolute atomic E-state index is 1.28. The molecule has 39 heavy (non-hydrogen) atoms. The molecule has 0 fully saturated rings. The second kappa shape index (κ2) is 22.4. The molecule has 7 heteroatoms. The zero-order valence-electron chi connectivity index (χ0n) is 24.7. The second-order valence-corrected chi connectivity index (χ2v) is 18.2. The fourth-order valence-corrected chi connectivity index (χ4v) is 13.6. The highest BCUT2D eigenvalue weighted by atomic mass is 32.3. The first-order valence-corrected chi connectivity index (χ1v) is 21.2. The molecule has 1 aromatic heterocycles. The Kier molecular flexibility index (Phi) is 19.7. The molecule has 1 N–H and O–H groups in total. The highest BCUT2D eigenvalue weighted by Crippen LogP contribution is 2.64. The van der Waals surface area contributed by atoms with Gasteiger partial charge in [0.05, 0.1) is 16.9 Å². The van der Waals surface area contributed by atoms with E-state index in [2.05, 4.69) is 78.3 Å². The van der Waals surface area contributed by atoms with Crippen molar-refractivity contribution >= 4 is 70.6 Å². The lowest BCUT2D eigenvalue weighted by Crippen LogP contribution is -1.85. The first kappa shape index (κ1) is 34.4. The lowest BCUT2D eigenvalue weighted by molar-refractivity contribution is 0.563. The first-order valence-electron chi connectivity index (χ1n) is 15.9. The van der Waals surface area contributed by atoms with Crippen LogP contribution < -0.4 is 0 Å². The number of nitrogens with one attached hydrogen (secondary N) is 1. The molecule has 2 aliphatic heterocycles. The highest BCUT2D eigenvalue weighted by Gasteiger charge is 2.29. The van der Waals surface area contributed by atoms with Gasteiger partial charge in [0.15, 0.2) is 0 Å². The van der Waals surface area contributed by atoms with Crippen LogP contribution in [0.3, 0.4) is 0 Å². The van der Waals surface area contributed by atoms with Gasteiger partial charge in [-0.15, -0.1) is 23.5 Å². The molecular formula is C32H53NS6. The van der Waals surface area contributed by atoms with E-state index < -0.39 is 0 Å². The molecule has 0 saturated carbocycles. The molecule has 2 aliphatic rings. The average Bonchev–Trinajstić information content (AvgIpc) is 3.66. The van der Waals surface area contributed by atoms with Gasteiger partial charge in [-0.05, 0) is 24.3 Å². The van der Waals surface area contributed by atoms with Crippen molar-refractivity contribution in [1.29, 1.82) is 0 Å². The molecule has 0 saturated heterocycles. The monoisotopic (exact) mass is 643 g/mol. The second-order valence-electron chi connectivity index (χ2n) is 10.8. The summed E-state index contributed by atoms with van der Waals surface area (Å²) in [6.45, 7) is 4.61. The van der Waals surface area contributed by atoms with Crippen LogP contribution in [0.5, 0.6) is 0 Å². The quantitative estimate of drug-likeness (QED) is 0.112. The van der Waals surface area contributed by atoms with Crippen molar-refractivity contribution in [1.82, 2.24) is 4.98 Å². The minimum atomic E-state index is 1.28. The molecule has 3 heterocycles. The van der Waals surface area contributed by atoms with Gasteiger partial charge in [0, 0.05) is 22.2 Å². The van der Waals surface area contributed by atoms with E-state index in [1.807, 2.05) is 23.5 Å². The minimum Gasteiger partial charge on any atom is -0.366 e. The van der Waals surface area contributed by atoms with Gasteiger partial charge < -0.3 is 4.98 Å². The first-order chi connectivity index (χ1) is 19.3. The lowest BCUT2D eigenvalue weighted by Gasteiger charge is -2.06. The molecule has 0 unspecified atom stereocenters. The Morgan fingerprint density at radius 3 is 1.18 bits per heavy atom. The zero-order valence-corrected chi connectivity index (χ0v) is 29.6. The summed E-state index contributed by atoms with van der Waals surface area (Å²) in [5, 5.41) is 0. The van der Waals surface area contributed by atoms with E-state index in [1.165, 1.54) is 158 Å². The maximum atomic E-state index is 3.26. The molecule has 0 bridgehead atoms. The van der Waals surface area contributed by atoms with E-state index in [4.69, 9.17) is 0 Å². The maximum absolute atomic E-state index is 3.26. The standard InChI is InChI=1S/C32H53NS6/c1-3-5-7-9-11-13-15-17-19-21-23-34-29-30(35-24-22-20-18-16-14-12-10-8-6-4-2)39-32(38-29)31-36-27-25-33-26-28(27)37-31/h25-26,33H,3-24H2,1-2H3. The number of thioether (sulfide) groups is 6. The summed E-state index contributed by atoms with van der Waals surface area (Å²) in [5.41, 5.74) is 0. The topological polar surface area (TPSA) is 15.8 Å². The smallest absolute Gasteiger partial charge is 0.0717 e. The predicted octanol–water partition coefficient (Wildman–Crippen LogP) is 14.3. The molecule has 0 spiro atoms. The van der Waals surface area contributed by atoms with Gasteiger partial charge in [-0.1, -0.05) is 176 Å². The van der Waals surface area contributed by atoms with Gasteiger partial charge in [0.25, 0.3) is 0 Å². The van der Waals surface area contributed by atoms with Gasteiger partial charge in [-0.25, -0.2) is 0 Å². The molecule has 0 amide bonds. The number of H-pyrrole nitrogens is 1. The normalized spacial score (nSPS) is 15.2. The van der Waals surface area contributed by atoms with Crippen LogP contribution in [0.2, 0.25) is 0 Å². The number of hydrogen-bond donors (Lipinski definition) is 1. The number of fused-ring (bicyclic) bond motifs is 1. The predicted molar refractivity (Wildman–Crippen MR) is 190 cm³/mol. The number of aromatic amines is 1. The maximum Gasteiger partial charge on any atom is 0.0717 e. The Labute approximate surface area is 266 Å². The SMILES string of the molecule is CCCCCCCCCCCCSC1=C(SCCCCCCCCCCCC)SC(=C2Sc3c[nH]cc3S2)S1. The van der Waals surface area contributed by atoms with Crippen molar-refractivity contribution in [3.05, 3.63) is 29.3 Å². The molecule has 3 rings (SSSR count). The summed E-state index contributed by atoms with van der Waals surface area (Å²) >= 11 is 12.3. The Balaban J connectivity index is 1.32. The van der Waals surface area contributed by atoms with Crippen molar-refractivity contribution in [2.24, 2.45) is 0 Å². The third-order valence-electron chi connectivity index (χ3n) is 7.24. The molecule has 0 aromatic carbocycles. The van der Waals surface area contributed by atoms with Gasteiger partial charge in [-0.3, -0.25) is 0 Å². The van der Waals surface area contributed by atoms with E-state index in [0.717, 1.165) is 0 Å². The Bertz CT molecular complexity index is 783. The number of hydrogen-bond acceptors (Lipinski definition) is 6. The van der Waals surface area contributed by atoms with Crippen molar-refractivity contribution in [2.75, 3.05) is 11.5 Å². The summed E-state index contributed by atoms with van der Waals surface area (Å²) in [6, 6.07) is 0. The molecule has 0 radical (unpaired) electrons. The fourth-order valence-electron chi connectivity index (χ4n) is 4.84. The summed E-state index contributed by atoms with van der Waals surface area (Å²) in [6.07, 6.45) is 32.7. The van der Waals surface area contributed by atoms with E-state index in [0.29, 0.717) is 0 Å². The molecule has 1 aromatic rings. The fraction of sp³-hybridized carbons (Fsp3) is 0.750. The van der Waals surface area contributed by atoms with E-state index in [-0.39, 0.29) is 0 Å². The summed E-state index contributed by atoms with van der Waals surface area (Å²) in [7, 11) is 0. The average molecular weight is 644 g/mol. The van der Waals surface area contributed by atoms with Crippen LogP contribution in [0, 0.1) is 0 Å². The third kappa shape index (κ3) is 14.3. The van der Waals surface area contributed by atoms with Crippen LogP contribution in [-0.4, -0.2) is 16.5 Å². The van der Waals surface area contributed by atoms with Crippen molar-refractivity contribution in [2.45, 2.75) is 152 Å². The number of unbranched alkanes of at least 4 members (excludes halogenated alkanes) is 18. The summed E-state index contributed by atoms with van der Waals surface area (Å²) in [5.74, 6) is 2.57. The summed E-state index contributed by atoms with van der Waals surface area (Å²) in [4.78, 5) is 6.06. The van der Waals surface area contributed by atoms with Crippen LogP contribution in [0.4, 0.5) is 0 Å². The van der Waals surface area contributed by atoms with Crippen LogP contribution in [0.25, 0.3) is 0 Å². The van der Waals surface area contributed by atoms with Gasteiger partial charge in [0.2, 0.25) is 0 Å². The van der Waals surface area contributed by atoms with Gasteiger partial charge in [-0.2, -0.15) is 0 Å². The van der Waals surface area contributed by atoms with Crippen molar-refractivity contribution in [3.8, 4) is 0 Å². The van der Waals surface area contributed by atoms with E-state index in [1.54, 1.807) is 8.47 Å². The van der Waals surface area contributed by atoms with Gasteiger partial charge in [0.1, 0.15) is 0 Å². The summed E-state index contributed by atoms with van der Waals surface area (Å²) < 4.78 is 6.21. The Hall–Kier alpha value is 0.860.